The number of aromatic nitrogens is 2. The SMILES string of the molecule is CC(=O)c1cc(C)n(-c2cc(C)ccn2)c1C. The van der Waals surface area contributed by atoms with E-state index in [1.54, 1.807) is 13.1 Å². The Labute approximate surface area is 101 Å². The maximum Gasteiger partial charge on any atom is 0.161 e. The number of nitrogens with zero attached hydrogens (tertiary/aromatic N) is 2. The monoisotopic (exact) mass is 228 g/mol. The summed E-state index contributed by atoms with van der Waals surface area (Å²) in [5.41, 5.74) is 3.91. The van der Waals surface area contributed by atoms with Gasteiger partial charge in [-0.1, -0.05) is 0 Å². The summed E-state index contributed by atoms with van der Waals surface area (Å²) in [5.74, 6) is 0.963. The predicted molar refractivity (Wildman–Crippen MR) is 67.8 cm³/mol. The van der Waals surface area contributed by atoms with Crippen LogP contribution in [0.4, 0.5) is 0 Å². The molecule has 0 fully saturated rings. The van der Waals surface area contributed by atoms with Crippen LogP contribution in [-0.4, -0.2) is 15.3 Å². The van der Waals surface area contributed by atoms with E-state index in [0.717, 1.165) is 28.3 Å². The van der Waals surface area contributed by atoms with E-state index in [9.17, 15) is 4.79 Å². The van der Waals surface area contributed by atoms with Gasteiger partial charge in [0.1, 0.15) is 5.82 Å². The fourth-order valence-electron chi connectivity index (χ4n) is 2.11. The summed E-state index contributed by atoms with van der Waals surface area (Å²) >= 11 is 0. The molecule has 0 amide bonds. The number of carbonyl (C=O) groups is 1. The van der Waals surface area contributed by atoms with Crippen molar-refractivity contribution >= 4 is 5.78 Å². The Hall–Kier alpha value is -1.90. The molecule has 17 heavy (non-hydrogen) atoms. The number of aryl methyl sites for hydroxylation is 2. The second-order valence-corrected chi connectivity index (χ2v) is 4.37. The molecule has 2 rings (SSSR count). The highest BCUT2D eigenvalue weighted by atomic mass is 16.1. The molecule has 2 aromatic heterocycles. The van der Waals surface area contributed by atoms with Crippen molar-refractivity contribution < 1.29 is 4.79 Å². The molecule has 3 heteroatoms. The van der Waals surface area contributed by atoms with Gasteiger partial charge in [0.15, 0.2) is 5.78 Å². The van der Waals surface area contributed by atoms with Crippen LogP contribution in [-0.2, 0) is 0 Å². The van der Waals surface area contributed by atoms with Crippen molar-refractivity contribution in [1.29, 1.82) is 0 Å². The summed E-state index contributed by atoms with van der Waals surface area (Å²) in [5, 5.41) is 0. The molecule has 0 saturated carbocycles. The minimum absolute atomic E-state index is 0.0944. The van der Waals surface area contributed by atoms with E-state index in [4.69, 9.17) is 0 Å². The second kappa shape index (κ2) is 4.17. The van der Waals surface area contributed by atoms with Gasteiger partial charge in [-0.15, -0.1) is 0 Å². The van der Waals surface area contributed by atoms with Gasteiger partial charge < -0.3 is 4.57 Å². The van der Waals surface area contributed by atoms with Gasteiger partial charge in [0.2, 0.25) is 0 Å². The summed E-state index contributed by atoms with van der Waals surface area (Å²) in [4.78, 5) is 15.9. The van der Waals surface area contributed by atoms with Crippen molar-refractivity contribution in [2.24, 2.45) is 0 Å². The molecule has 0 aromatic carbocycles. The Balaban J connectivity index is 2.64. The van der Waals surface area contributed by atoms with Gasteiger partial charge in [-0.2, -0.15) is 0 Å². The highest BCUT2D eigenvalue weighted by Gasteiger charge is 2.14. The lowest BCUT2D eigenvalue weighted by Gasteiger charge is -2.09. The number of hydrogen-bond acceptors (Lipinski definition) is 2. The molecule has 0 spiro atoms. The van der Waals surface area contributed by atoms with Crippen molar-refractivity contribution in [2.75, 3.05) is 0 Å². The second-order valence-electron chi connectivity index (χ2n) is 4.37. The Morgan fingerprint density at radius 1 is 1.24 bits per heavy atom. The van der Waals surface area contributed by atoms with E-state index in [0.29, 0.717) is 0 Å². The van der Waals surface area contributed by atoms with E-state index in [1.165, 1.54) is 0 Å². The lowest BCUT2D eigenvalue weighted by Crippen LogP contribution is -2.03. The molecule has 0 aliphatic carbocycles. The molecule has 2 heterocycles. The van der Waals surface area contributed by atoms with Crippen LogP contribution in [0.2, 0.25) is 0 Å². The summed E-state index contributed by atoms with van der Waals surface area (Å²) < 4.78 is 2.02. The van der Waals surface area contributed by atoms with Crippen molar-refractivity contribution in [2.45, 2.75) is 27.7 Å². The van der Waals surface area contributed by atoms with E-state index in [1.807, 2.05) is 43.5 Å². The maximum absolute atomic E-state index is 11.5. The average molecular weight is 228 g/mol. The number of rotatable bonds is 2. The van der Waals surface area contributed by atoms with Crippen molar-refractivity contribution in [1.82, 2.24) is 9.55 Å². The minimum atomic E-state index is 0.0944. The van der Waals surface area contributed by atoms with Crippen molar-refractivity contribution in [3.05, 3.63) is 46.9 Å². The molecular formula is C14H16N2O. The average Bonchev–Trinajstić information content (AvgIpc) is 2.54. The van der Waals surface area contributed by atoms with Gasteiger partial charge in [0.25, 0.3) is 0 Å². The number of Topliss-reactive ketones (excluding diaryl/α,β-unsaturated/α-hetero) is 1. The van der Waals surface area contributed by atoms with Gasteiger partial charge in [0.05, 0.1) is 0 Å². The Kier molecular flexibility index (Phi) is 2.84. The fraction of sp³-hybridized carbons (Fsp3) is 0.286. The summed E-state index contributed by atoms with van der Waals surface area (Å²) in [6, 6.07) is 5.90. The van der Waals surface area contributed by atoms with Crippen LogP contribution in [0.25, 0.3) is 5.82 Å². The van der Waals surface area contributed by atoms with Gasteiger partial charge >= 0.3 is 0 Å². The zero-order valence-electron chi connectivity index (χ0n) is 10.6. The highest BCUT2D eigenvalue weighted by molar-refractivity contribution is 5.95. The quantitative estimate of drug-likeness (QED) is 0.740. The van der Waals surface area contributed by atoms with Crippen LogP contribution < -0.4 is 0 Å². The molecule has 2 aromatic rings. The first-order valence-corrected chi connectivity index (χ1v) is 5.63. The van der Waals surface area contributed by atoms with Gasteiger partial charge in [-0.3, -0.25) is 4.79 Å². The number of pyridine rings is 1. The van der Waals surface area contributed by atoms with Crippen molar-refractivity contribution in [3.63, 3.8) is 0 Å². The Morgan fingerprint density at radius 2 is 1.94 bits per heavy atom. The van der Waals surface area contributed by atoms with E-state index >= 15 is 0 Å². The fourth-order valence-corrected chi connectivity index (χ4v) is 2.11. The molecule has 0 aliphatic rings. The number of ketones is 1. The predicted octanol–water partition coefficient (Wildman–Crippen LogP) is 3.00. The van der Waals surface area contributed by atoms with Crippen LogP contribution in [0.5, 0.6) is 0 Å². The first kappa shape index (κ1) is 11.6. The maximum atomic E-state index is 11.5. The zero-order valence-corrected chi connectivity index (χ0v) is 10.6. The third kappa shape index (κ3) is 2.00. The molecule has 88 valence electrons. The molecule has 0 saturated heterocycles. The molecule has 0 unspecified atom stereocenters. The molecule has 0 radical (unpaired) electrons. The van der Waals surface area contributed by atoms with E-state index in [2.05, 4.69) is 4.98 Å². The van der Waals surface area contributed by atoms with Crippen molar-refractivity contribution in [3.8, 4) is 5.82 Å². The topological polar surface area (TPSA) is 34.9 Å². The lowest BCUT2D eigenvalue weighted by molar-refractivity contribution is 0.101. The molecular weight excluding hydrogens is 212 g/mol. The molecule has 0 atom stereocenters. The van der Waals surface area contributed by atoms with Crippen LogP contribution >= 0.6 is 0 Å². The molecule has 0 aliphatic heterocycles. The minimum Gasteiger partial charge on any atom is -0.302 e. The zero-order chi connectivity index (χ0) is 12.6. The van der Waals surface area contributed by atoms with Crippen LogP contribution in [0, 0.1) is 20.8 Å². The normalized spacial score (nSPS) is 10.6. The summed E-state index contributed by atoms with van der Waals surface area (Å²) in [6.45, 7) is 7.57. The van der Waals surface area contributed by atoms with Gasteiger partial charge in [0, 0.05) is 23.1 Å². The third-order valence-electron chi connectivity index (χ3n) is 2.94. The van der Waals surface area contributed by atoms with E-state index in [-0.39, 0.29) is 5.78 Å². The third-order valence-corrected chi connectivity index (χ3v) is 2.94. The summed E-state index contributed by atoms with van der Waals surface area (Å²) in [6.07, 6.45) is 1.79. The van der Waals surface area contributed by atoms with E-state index < -0.39 is 0 Å². The molecule has 0 bridgehead atoms. The summed E-state index contributed by atoms with van der Waals surface area (Å²) in [7, 11) is 0. The number of carbonyl (C=O) groups excluding carboxylic acids is 1. The Morgan fingerprint density at radius 3 is 2.47 bits per heavy atom. The van der Waals surface area contributed by atoms with Gasteiger partial charge in [-0.05, 0) is 51.5 Å². The standard InChI is InChI=1S/C14H16N2O/c1-9-5-6-15-14(7-9)16-10(2)8-13(11(16)3)12(4)17/h5-8H,1-4H3. The first-order valence-electron chi connectivity index (χ1n) is 5.63. The first-order chi connectivity index (χ1) is 8.00. The van der Waals surface area contributed by atoms with Crippen LogP contribution in [0.15, 0.2) is 24.4 Å². The Bertz CT molecular complexity index is 582. The van der Waals surface area contributed by atoms with Crippen LogP contribution in [0.1, 0.15) is 34.2 Å². The smallest absolute Gasteiger partial charge is 0.161 e. The van der Waals surface area contributed by atoms with Crippen LogP contribution in [0.3, 0.4) is 0 Å². The highest BCUT2D eigenvalue weighted by Crippen LogP contribution is 2.20. The molecule has 0 N–H and O–H groups in total. The molecule has 3 nitrogen and oxygen atoms in total. The largest absolute Gasteiger partial charge is 0.302 e. The lowest BCUT2D eigenvalue weighted by atomic mass is 10.2. The van der Waals surface area contributed by atoms with Gasteiger partial charge in [-0.25, -0.2) is 4.98 Å². The number of hydrogen-bond donors (Lipinski definition) is 0.